The van der Waals surface area contributed by atoms with Crippen molar-refractivity contribution in [1.82, 2.24) is 6.15 Å². The third kappa shape index (κ3) is 15.4. The largest absolute Gasteiger partial charge is 0.463 e. The Bertz CT molecular complexity index is 174. The number of carbonyl (C=O) groups excluding carboxylic acids is 1. The molecule has 0 radical (unpaired) electrons. The van der Waals surface area contributed by atoms with E-state index in [0.717, 1.165) is 12.8 Å². The first-order valence-corrected chi connectivity index (χ1v) is 6.95. The number of hydrogen-bond donors (Lipinski definition) is 1. The highest BCUT2D eigenvalue weighted by atomic mass is 16.6. The quantitative estimate of drug-likeness (QED) is 0.427. The van der Waals surface area contributed by atoms with Crippen LogP contribution in [0, 0.1) is 0 Å². The topological polar surface area (TPSA) is 70.5 Å². The number of hydrogen-bond acceptors (Lipinski definition) is 4. The van der Waals surface area contributed by atoms with Gasteiger partial charge in [0.05, 0.1) is 6.61 Å². The van der Waals surface area contributed by atoms with Crippen molar-refractivity contribution in [2.75, 3.05) is 20.3 Å². The molecule has 0 spiro atoms. The third-order valence-electron chi connectivity index (χ3n) is 2.78. The summed E-state index contributed by atoms with van der Waals surface area (Å²) < 4.78 is 9.78. The minimum Gasteiger partial charge on any atom is -0.463 e. The molecule has 0 aromatic heterocycles. The van der Waals surface area contributed by atoms with Crippen LogP contribution in [-0.2, 0) is 14.3 Å². The summed E-state index contributed by atoms with van der Waals surface area (Å²) in [5.41, 5.74) is 0. The molecule has 0 aliphatic heterocycles. The minimum absolute atomic E-state index is 0. The van der Waals surface area contributed by atoms with Gasteiger partial charge < -0.3 is 15.6 Å². The highest BCUT2D eigenvalue weighted by Gasteiger charge is 2.01. The number of methoxy groups -OCH3 is 1. The molecule has 0 rings (SSSR count). The Balaban J connectivity index is 0. The van der Waals surface area contributed by atoms with Crippen LogP contribution in [0.4, 0.5) is 0 Å². The van der Waals surface area contributed by atoms with Gasteiger partial charge in [-0.3, -0.25) is 4.79 Å². The number of ether oxygens (including phenoxy) is 2. The lowest BCUT2D eigenvalue weighted by Gasteiger charge is -2.04. The fraction of sp³-hybridized carbons (Fsp3) is 0.929. The van der Waals surface area contributed by atoms with Gasteiger partial charge in [0, 0.05) is 13.5 Å². The van der Waals surface area contributed by atoms with E-state index in [4.69, 9.17) is 9.47 Å². The second kappa shape index (κ2) is 16.4. The van der Waals surface area contributed by atoms with Gasteiger partial charge in [0.1, 0.15) is 6.61 Å². The molecule has 4 heteroatoms. The molecule has 4 nitrogen and oxygen atoms in total. The first-order chi connectivity index (χ1) is 8.31. The molecular weight excluding hydrogens is 230 g/mol. The van der Waals surface area contributed by atoms with Gasteiger partial charge >= 0.3 is 5.97 Å². The third-order valence-corrected chi connectivity index (χ3v) is 2.78. The Kier molecular flexibility index (Phi) is 18.0. The van der Waals surface area contributed by atoms with Crippen LogP contribution in [0.3, 0.4) is 0 Å². The monoisotopic (exact) mass is 261 g/mol. The normalized spacial score (nSPS) is 9.89. The first kappa shape index (κ1) is 19.7. The van der Waals surface area contributed by atoms with E-state index < -0.39 is 0 Å². The number of esters is 1. The molecular formula is C14H31NO3. The maximum Gasteiger partial charge on any atom is 0.305 e. The molecule has 0 saturated heterocycles. The molecule has 18 heavy (non-hydrogen) atoms. The molecule has 0 atom stereocenters. The highest BCUT2D eigenvalue weighted by Crippen LogP contribution is 2.09. The van der Waals surface area contributed by atoms with Gasteiger partial charge in [-0.15, -0.1) is 0 Å². The van der Waals surface area contributed by atoms with Gasteiger partial charge in [0.15, 0.2) is 0 Å². The van der Waals surface area contributed by atoms with Gasteiger partial charge in [-0.2, -0.15) is 0 Å². The van der Waals surface area contributed by atoms with Gasteiger partial charge in [-0.1, -0.05) is 51.9 Å². The summed E-state index contributed by atoms with van der Waals surface area (Å²) in [4.78, 5) is 11.2. The van der Waals surface area contributed by atoms with E-state index in [1.54, 1.807) is 7.11 Å². The molecule has 0 fully saturated rings. The van der Waals surface area contributed by atoms with Gasteiger partial charge in [-0.25, -0.2) is 0 Å². The fourth-order valence-electron chi connectivity index (χ4n) is 1.71. The van der Waals surface area contributed by atoms with E-state index in [-0.39, 0.29) is 12.1 Å². The van der Waals surface area contributed by atoms with E-state index in [2.05, 4.69) is 6.92 Å². The van der Waals surface area contributed by atoms with Crippen molar-refractivity contribution in [3.63, 3.8) is 0 Å². The van der Waals surface area contributed by atoms with Crippen LogP contribution in [0.1, 0.15) is 64.7 Å². The van der Waals surface area contributed by atoms with Crippen LogP contribution in [0.25, 0.3) is 0 Å². The lowest BCUT2D eigenvalue weighted by Crippen LogP contribution is -2.09. The van der Waals surface area contributed by atoms with Crippen molar-refractivity contribution in [1.29, 1.82) is 0 Å². The minimum atomic E-state index is -0.0898. The van der Waals surface area contributed by atoms with Crippen LogP contribution in [0.2, 0.25) is 0 Å². The maximum atomic E-state index is 11.2. The molecule has 0 heterocycles. The van der Waals surface area contributed by atoms with Crippen LogP contribution in [-0.4, -0.2) is 26.3 Å². The lowest BCUT2D eigenvalue weighted by molar-refractivity contribution is -0.145. The Morgan fingerprint density at radius 1 is 0.889 bits per heavy atom. The zero-order valence-electron chi connectivity index (χ0n) is 12.2. The van der Waals surface area contributed by atoms with Crippen LogP contribution < -0.4 is 6.15 Å². The van der Waals surface area contributed by atoms with Gasteiger partial charge in [0.25, 0.3) is 0 Å². The summed E-state index contributed by atoms with van der Waals surface area (Å²) in [6.45, 7) is 3.10. The summed E-state index contributed by atoms with van der Waals surface area (Å²) >= 11 is 0. The van der Waals surface area contributed by atoms with Crippen LogP contribution >= 0.6 is 0 Å². The summed E-state index contributed by atoms with van der Waals surface area (Å²) in [6, 6.07) is 0. The molecule has 0 unspecified atom stereocenters. The first-order valence-electron chi connectivity index (χ1n) is 6.95. The predicted octanol–water partition coefficient (Wildman–Crippen LogP) is 3.87. The van der Waals surface area contributed by atoms with E-state index >= 15 is 0 Å². The van der Waals surface area contributed by atoms with Crippen LogP contribution in [0.5, 0.6) is 0 Å². The second-order valence-electron chi connectivity index (χ2n) is 4.44. The van der Waals surface area contributed by atoms with E-state index in [1.165, 1.54) is 38.5 Å². The van der Waals surface area contributed by atoms with E-state index in [1.807, 2.05) is 0 Å². The van der Waals surface area contributed by atoms with Crippen molar-refractivity contribution in [3.05, 3.63) is 0 Å². The molecule has 0 bridgehead atoms. The molecule has 0 aliphatic rings. The molecule has 3 N–H and O–H groups in total. The second-order valence-corrected chi connectivity index (χ2v) is 4.44. The average molecular weight is 261 g/mol. The van der Waals surface area contributed by atoms with Crippen molar-refractivity contribution < 1.29 is 14.3 Å². The summed E-state index contributed by atoms with van der Waals surface area (Å²) in [5, 5.41) is 0. The van der Waals surface area contributed by atoms with Gasteiger partial charge in [-0.05, 0) is 6.42 Å². The van der Waals surface area contributed by atoms with Crippen molar-refractivity contribution in [3.8, 4) is 0 Å². The molecule has 0 aliphatic carbocycles. The van der Waals surface area contributed by atoms with Crippen molar-refractivity contribution in [2.45, 2.75) is 64.7 Å². The number of carbonyl (C=O) groups is 1. The molecule has 0 aromatic rings. The van der Waals surface area contributed by atoms with Crippen molar-refractivity contribution >= 4 is 5.97 Å². The Labute approximate surface area is 112 Å². The predicted molar refractivity (Wildman–Crippen MR) is 75.1 cm³/mol. The SMILES string of the molecule is CCCCCCCCCCC(=O)OCCOC.N. The number of rotatable bonds is 12. The molecule has 0 amide bonds. The molecule has 0 aromatic carbocycles. The summed E-state index contributed by atoms with van der Waals surface area (Å²) in [7, 11) is 1.60. The Morgan fingerprint density at radius 2 is 1.44 bits per heavy atom. The van der Waals surface area contributed by atoms with E-state index in [0.29, 0.717) is 19.6 Å². The molecule has 110 valence electrons. The average Bonchev–Trinajstić information content (AvgIpc) is 2.33. The smallest absolute Gasteiger partial charge is 0.305 e. The zero-order chi connectivity index (χ0) is 12.8. The van der Waals surface area contributed by atoms with E-state index in [9.17, 15) is 4.79 Å². The Morgan fingerprint density at radius 3 is 2.00 bits per heavy atom. The van der Waals surface area contributed by atoms with Gasteiger partial charge in [0.2, 0.25) is 0 Å². The molecule has 0 saturated carbocycles. The maximum absolute atomic E-state index is 11.2. The summed E-state index contributed by atoms with van der Waals surface area (Å²) in [5.74, 6) is -0.0898. The number of unbranched alkanes of at least 4 members (excludes halogenated alkanes) is 7. The summed E-state index contributed by atoms with van der Waals surface area (Å²) in [6.07, 6.45) is 10.6. The van der Waals surface area contributed by atoms with Crippen LogP contribution in [0.15, 0.2) is 0 Å². The zero-order valence-corrected chi connectivity index (χ0v) is 12.2. The lowest BCUT2D eigenvalue weighted by atomic mass is 10.1. The standard InChI is InChI=1S/C14H28O3.H3N/c1-3-4-5-6-7-8-9-10-11-14(15)17-13-12-16-2;/h3-13H2,1-2H3;1H3. The Hall–Kier alpha value is -0.610. The van der Waals surface area contributed by atoms with Crippen molar-refractivity contribution in [2.24, 2.45) is 0 Å². The highest BCUT2D eigenvalue weighted by molar-refractivity contribution is 5.69. The fourth-order valence-corrected chi connectivity index (χ4v) is 1.71.